The number of hydrogen-bond acceptors (Lipinski definition) is 0. The minimum absolute atomic E-state index is 0. The van der Waals surface area contributed by atoms with Crippen molar-refractivity contribution in [2.24, 2.45) is 0 Å². The van der Waals surface area contributed by atoms with Crippen LogP contribution in [0.25, 0.3) is 11.3 Å². The second-order valence-corrected chi connectivity index (χ2v) is 3.22. The molecular formula is C14H13FeN. The Bertz CT molecular complexity index is 385. The summed E-state index contributed by atoms with van der Waals surface area (Å²) in [5.74, 6) is 0. The quantitative estimate of drug-likeness (QED) is 0.500. The molecule has 1 nitrogen and oxygen atoms in total. The van der Waals surface area contributed by atoms with E-state index >= 15 is 0 Å². The van der Waals surface area contributed by atoms with Gasteiger partial charge in [0.25, 0.3) is 0 Å². The topological polar surface area (TPSA) is 15.8 Å². The molecule has 0 aliphatic rings. The first-order valence-electron chi connectivity index (χ1n) is 4.99. The van der Waals surface area contributed by atoms with Crippen LogP contribution in [-0.4, -0.2) is 4.98 Å². The number of nitrogens with one attached hydrogen (secondary N) is 1. The predicted octanol–water partition coefficient (Wildman–Crippen LogP) is 3.80. The van der Waals surface area contributed by atoms with E-state index in [1.807, 2.05) is 54.7 Å². The van der Waals surface area contributed by atoms with E-state index in [1.54, 1.807) is 0 Å². The maximum Gasteiger partial charge on any atom is 2.00 e. The molecule has 0 amide bonds. The molecule has 0 saturated heterocycles. The summed E-state index contributed by atoms with van der Waals surface area (Å²) in [5, 5.41) is 0. The standard InChI is InChI=1S/C9H8N.C5H5.Fe/c1-2-5-8(4-1)9-6-3-7-10-9;1-2-4-5-3-1;/h1-7,10H;1-5H;/q2*-1;+2. The van der Waals surface area contributed by atoms with Crippen molar-refractivity contribution in [1.29, 1.82) is 0 Å². The van der Waals surface area contributed by atoms with Crippen LogP contribution in [0.1, 0.15) is 0 Å². The van der Waals surface area contributed by atoms with Crippen molar-refractivity contribution in [1.82, 2.24) is 4.98 Å². The average Bonchev–Trinajstić information content (AvgIpc) is 3.06. The fourth-order valence-electron chi connectivity index (χ4n) is 1.38. The smallest absolute Gasteiger partial charge is 0.378 e. The van der Waals surface area contributed by atoms with Crippen molar-refractivity contribution in [3.05, 3.63) is 72.9 Å². The van der Waals surface area contributed by atoms with Crippen LogP contribution in [-0.2, 0) is 17.1 Å². The van der Waals surface area contributed by atoms with Gasteiger partial charge in [-0.1, -0.05) is 11.6 Å². The van der Waals surface area contributed by atoms with Crippen molar-refractivity contribution >= 4 is 0 Å². The monoisotopic (exact) mass is 251 g/mol. The molecule has 1 heterocycles. The van der Waals surface area contributed by atoms with Crippen LogP contribution in [0.5, 0.6) is 0 Å². The Morgan fingerprint density at radius 2 is 1.62 bits per heavy atom. The molecule has 3 rings (SSSR count). The van der Waals surface area contributed by atoms with Crippen LogP contribution in [0, 0.1) is 0 Å². The molecule has 0 saturated carbocycles. The Kier molecular flexibility index (Phi) is 5.41. The molecule has 82 valence electrons. The average molecular weight is 251 g/mol. The van der Waals surface area contributed by atoms with Crippen molar-refractivity contribution in [3.8, 4) is 11.3 Å². The van der Waals surface area contributed by atoms with Crippen LogP contribution < -0.4 is 0 Å². The molecule has 1 N–H and O–H groups in total. The van der Waals surface area contributed by atoms with E-state index < -0.39 is 0 Å². The van der Waals surface area contributed by atoms with E-state index in [1.165, 1.54) is 11.3 Å². The second-order valence-electron chi connectivity index (χ2n) is 3.22. The molecule has 16 heavy (non-hydrogen) atoms. The fraction of sp³-hybridized carbons (Fsp3) is 0. The van der Waals surface area contributed by atoms with Gasteiger partial charge in [0, 0.05) is 0 Å². The first-order valence-corrected chi connectivity index (χ1v) is 4.99. The summed E-state index contributed by atoms with van der Waals surface area (Å²) in [5.41, 5.74) is 2.44. The zero-order chi connectivity index (χ0) is 10.3. The molecule has 2 aromatic carbocycles. The molecule has 0 atom stereocenters. The van der Waals surface area contributed by atoms with Gasteiger partial charge in [-0.05, 0) is 11.9 Å². The number of aromatic nitrogens is 1. The predicted molar refractivity (Wildman–Crippen MR) is 63.9 cm³/mol. The molecule has 2 heteroatoms. The van der Waals surface area contributed by atoms with Gasteiger partial charge in [-0.15, -0.1) is 18.2 Å². The first-order chi connectivity index (χ1) is 7.47. The number of rotatable bonds is 1. The van der Waals surface area contributed by atoms with E-state index in [-0.39, 0.29) is 17.1 Å². The summed E-state index contributed by atoms with van der Waals surface area (Å²) >= 11 is 0. The van der Waals surface area contributed by atoms with Gasteiger partial charge in [-0.2, -0.15) is 30.3 Å². The van der Waals surface area contributed by atoms with Gasteiger partial charge < -0.3 is 4.98 Å². The maximum absolute atomic E-state index is 3.14. The first kappa shape index (κ1) is 12.6. The summed E-state index contributed by atoms with van der Waals surface area (Å²) in [6.07, 6.45) is 1.93. The third-order valence-corrected chi connectivity index (χ3v) is 2.13. The molecule has 0 unspecified atom stereocenters. The van der Waals surface area contributed by atoms with Crippen LogP contribution in [0.2, 0.25) is 0 Å². The minimum Gasteiger partial charge on any atom is -0.378 e. The summed E-state index contributed by atoms with van der Waals surface area (Å²) in [4.78, 5) is 3.14. The van der Waals surface area contributed by atoms with Gasteiger partial charge in [-0.25, -0.2) is 12.1 Å². The largest absolute Gasteiger partial charge is 2.00 e. The molecular weight excluding hydrogens is 238 g/mol. The maximum atomic E-state index is 3.14. The molecule has 0 aliphatic carbocycles. The Morgan fingerprint density at radius 1 is 0.938 bits per heavy atom. The van der Waals surface area contributed by atoms with Gasteiger partial charge in [-0.3, -0.25) is 0 Å². The molecule has 0 fully saturated rings. The van der Waals surface area contributed by atoms with E-state index in [0.29, 0.717) is 0 Å². The second kappa shape index (κ2) is 6.89. The third kappa shape index (κ3) is 3.58. The molecule has 3 aromatic rings. The molecule has 0 aliphatic heterocycles. The zero-order valence-electron chi connectivity index (χ0n) is 8.78. The van der Waals surface area contributed by atoms with Crippen molar-refractivity contribution in [2.75, 3.05) is 0 Å². The van der Waals surface area contributed by atoms with Gasteiger partial charge in [0.15, 0.2) is 0 Å². The van der Waals surface area contributed by atoms with Crippen LogP contribution in [0.4, 0.5) is 0 Å². The molecule has 0 bridgehead atoms. The van der Waals surface area contributed by atoms with Crippen LogP contribution in [0.15, 0.2) is 72.9 Å². The summed E-state index contributed by atoms with van der Waals surface area (Å²) < 4.78 is 0. The zero-order valence-corrected chi connectivity index (χ0v) is 9.89. The SMILES string of the molecule is [Fe+2].c1c[nH]c(-[c-]2cccc2)c1.c1cc[cH-]c1. The van der Waals surface area contributed by atoms with Crippen molar-refractivity contribution in [3.63, 3.8) is 0 Å². The van der Waals surface area contributed by atoms with Crippen LogP contribution in [0.3, 0.4) is 0 Å². The van der Waals surface area contributed by atoms with E-state index in [4.69, 9.17) is 0 Å². The third-order valence-electron chi connectivity index (χ3n) is 2.13. The van der Waals surface area contributed by atoms with Crippen molar-refractivity contribution < 1.29 is 17.1 Å². The summed E-state index contributed by atoms with van der Waals surface area (Å²) in [6.45, 7) is 0. The van der Waals surface area contributed by atoms with E-state index in [2.05, 4.69) is 23.2 Å². The summed E-state index contributed by atoms with van der Waals surface area (Å²) in [6, 6.07) is 22.3. The molecule has 1 aromatic heterocycles. The Labute approximate surface area is 106 Å². The minimum atomic E-state index is 0. The van der Waals surface area contributed by atoms with Gasteiger partial charge in [0.05, 0.1) is 0 Å². The van der Waals surface area contributed by atoms with Gasteiger partial charge in [0.1, 0.15) is 0 Å². The number of H-pyrrole nitrogens is 1. The van der Waals surface area contributed by atoms with E-state index in [0.717, 1.165) is 0 Å². The molecule has 0 spiro atoms. The summed E-state index contributed by atoms with van der Waals surface area (Å²) in [7, 11) is 0. The van der Waals surface area contributed by atoms with Crippen LogP contribution >= 0.6 is 0 Å². The molecule has 0 radical (unpaired) electrons. The normalized spacial score (nSPS) is 8.75. The van der Waals surface area contributed by atoms with Gasteiger partial charge >= 0.3 is 17.1 Å². The van der Waals surface area contributed by atoms with Crippen molar-refractivity contribution in [2.45, 2.75) is 0 Å². The number of hydrogen-bond donors (Lipinski definition) is 1. The fourth-order valence-corrected chi connectivity index (χ4v) is 1.38. The van der Waals surface area contributed by atoms with E-state index in [9.17, 15) is 0 Å². The Morgan fingerprint density at radius 3 is 2.06 bits per heavy atom. The Balaban J connectivity index is 0.000000183. The van der Waals surface area contributed by atoms with Gasteiger partial charge in [0.2, 0.25) is 0 Å². The number of aromatic amines is 1. The Hall–Kier alpha value is -1.50.